The van der Waals surface area contributed by atoms with Crippen LogP contribution in [0.3, 0.4) is 0 Å². The van der Waals surface area contributed by atoms with Gasteiger partial charge in [0.25, 0.3) is 0 Å². The van der Waals surface area contributed by atoms with Crippen LogP contribution in [0.1, 0.15) is 26.7 Å². The zero-order chi connectivity index (χ0) is 10.8. The average molecular weight is 203 g/mol. The molecule has 2 heteroatoms. The Morgan fingerprint density at radius 2 is 2.33 bits per heavy atom. The summed E-state index contributed by atoms with van der Waals surface area (Å²) in [4.78, 5) is 14.2. The van der Waals surface area contributed by atoms with E-state index in [9.17, 15) is 4.79 Å². The molecule has 0 aromatic rings. The van der Waals surface area contributed by atoms with E-state index in [1.807, 2.05) is 6.08 Å². The van der Waals surface area contributed by atoms with Crippen molar-refractivity contribution in [3.63, 3.8) is 0 Å². The summed E-state index contributed by atoms with van der Waals surface area (Å²) in [5.41, 5.74) is 4.00. The van der Waals surface area contributed by atoms with Gasteiger partial charge in [-0.25, -0.2) is 0 Å². The molecule has 2 fully saturated rings. The Hall–Kier alpha value is -1.05. The van der Waals surface area contributed by atoms with E-state index in [4.69, 9.17) is 0 Å². The highest BCUT2D eigenvalue weighted by molar-refractivity contribution is 6.06. The second-order valence-corrected chi connectivity index (χ2v) is 5.10. The Kier molecular flexibility index (Phi) is 1.56. The Morgan fingerprint density at radius 3 is 3.00 bits per heavy atom. The molecule has 3 rings (SSSR count). The summed E-state index contributed by atoms with van der Waals surface area (Å²) in [6.07, 6.45) is 4.04. The van der Waals surface area contributed by atoms with E-state index in [2.05, 4.69) is 25.8 Å². The molecule has 2 unspecified atom stereocenters. The number of piperidine rings is 1. The molecule has 15 heavy (non-hydrogen) atoms. The number of hydrogen-bond donors (Lipinski definition) is 0. The minimum atomic E-state index is 0.245. The van der Waals surface area contributed by atoms with Crippen molar-refractivity contribution < 1.29 is 4.79 Å². The molecular weight excluding hydrogens is 186 g/mol. The van der Waals surface area contributed by atoms with Gasteiger partial charge in [0, 0.05) is 30.8 Å². The lowest BCUT2D eigenvalue weighted by Crippen LogP contribution is -2.24. The van der Waals surface area contributed by atoms with Crippen LogP contribution in [0.2, 0.25) is 0 Å². The number of hydrogen-bond acceptors (Lipinski definition) is 2. The van der Waals surface area contributed by atoms with Crippen molar-refractivity contribution in [2.45, 2.75) is 26.7 Å². The quantitative estimate of drug-likeness (QED) is 0.650. The molecule has 1 saturated carbocycles. The maximum atomic E-state index is 11.9. The molecule has 0 bridgehead atoms. The lowest BCUT2D eigenvalue weighted by atomic mass is 9.81. The maximum absolute atomic E-state index is 11.9. The smallest absolute Gasteiger partial charge is 0.183 e. The van der Waals surface area contributed by atoms with Crippen LogP contribution < -0.4 is 0 Å². The standard InChI is InChI=1S/C13H17NO/c1-4-10-8(2)13-6-9(13)7-14(3)12(13)5-11(10)15/h5,9H,4,6-7H2,1-3H3. The van der Waals surface area contributed by atoms with Crippen LogP contribution in [-0.4, -0.2) is 24.3 Å². The van der Waals surface area contributed by atoms with Gasteiger partial charge in [0.1, 0.15) is 0 Å². The molecule has 1 heterocycles. The molecular formula is C13H17NO. The minimum absolute atomic E-state index is 0.245. The lowest BCUT2D eigenvalue weighted by Gasteiger charge is -2.28. The second-order valence-electron chi connectivity index (χ2n) is 5.10. The van der Waals surface area contributed by atoms with Crippen LogP contribution in [0.4, 0.5) is 0 Å². The van der Waals surface area contributed by atoms with Crippen molar-refractivity contribution in [1.82, 2.24) is 4.90 Å². The molecule has 1 saturated heterocycles. The largest absolute Gasteiger partial charge is 0.377 e. The number of likely N-dealkylation sites (tertiary alicyclic amines) is 1. The van der Waals surface area contributed by atoms with Crippen molar-refractivity contribution in [2.24, 2.45) is 11.3 Å². The third-order valence-corrected chi connectivity index (χ3v) is 4.51. The summed E-state index contributed by atoms with van der Waals surface area (Å²) in [7, 11) is 2.11. The van der Waals surface area contributed by atoms with Gasteiger partial charge in [-0.05, 0) is 31.3 Å². The van der Waals surface area contributed by atoms with E-state index in [0.29, 0.717) is 0 Å². The first-order valence-corrected chi connectivity index (χ1v) is 5.79. The third-order valence-electron chi connectivity index (χ3n) is 4.51. The topological polar surface area (TPSA) is 20.3 Å². The van der Waals surface area contributed by atoms with Gasteiger partial charge in [-0.15, -0.1) is 0 Å². The molecule has 2 atom stereocenters. The van der Waals surface area contributed by atoms with Gasteiger partial charge in [-0.3, -0.25) is 4.79 Å². The summed E-state index contributed by atoms with van der Waals surface area (Å²) < 4.78 is 0. The third kappa shape index (κ3) is 0.882. The van der Waals surface area contributed by atoms with Crippen LogP contribution in [0.15, 0.2) is 22.9 Å². The Balaban J connectivity index is 2.14. The molecule has 2 aliphatic carbocycles. The SMILES string of the molecule is CCC1=C(C)C23CC2CN(C)C3=CC1=O. The summed E-state index contributed by atoms with van der Waals surface area (Å²) in [6.45, 7) is 5.39. The number of carbonyl (C=O) groups excluding carboxylic acids is 1. The lowest BCUT2D eigenvalue weighted by molar-refractivity contribution is -0.111. The number of ketones is 1. The molecule has 0 aromatic carbocycles. The highest BCUT2D eigenvalue weighted by Crippen LogP contribution is 2.69. The summed E-state index contributed by atoms with van der Waals surface area (Å²) in [6, 6.07) is 0. The summed E-state index contributed by atoms with van der Waals surface area (Å²) in [5.74, 6) is 1.03. The van der Waals surface area contributed by atoms with E-state index >= 15 is 0 Å². The molecule has 3 aliphatic rings. The van der Waals surface area contributed by atoms with E-state index in [1.165, 1.54) is 17.7 Å². The molecule has 0 radical (unpaired) electrons. The molecule has 0 N–H and O–H groups in total. The van der Waals surface area contributed by atoms with Crippen molar-refractivity contribution >= 4 is 5.78 Å². The van der Waals surface area contributed by atoms with Crippen molar-refractivity contribution in [2.75, 3.05) is 13.6 Å². The Bertz CT molecular complexity index is 418. The Morgan fingerprint density at radius 1 is 1.60 bits per heavy atom. The number of carbonyl (C=O) groups is 1. The van der Waals surface area contributed by atoms with Crippen LogP contribution in [-0.2, 0) is 4.79 Å². The highest BCUT2D eigenvalue weighted by Gasteiger charge is 2.65. The molecule has 0 aromatic heterocycles. The fraction of sp³-hybridized carbons (Fsp3) is 0.615. The summed E-state index contributed by atoms with van der Waals surface area (Å²) >= 11 is 0. The fourth-order valence-electron chi connectivity index (χ4n) is 3.63. The fourth-order valence-corrected chi connectivity index (χ4v) is 3.63. The molecule has 80 valence electrons. The van der Waals surface area contributed by atoms with Gasteiger partial charge < -0.3 is 4.90 Å². The first kappa shape index (κ1) is 9.20. The van der Waals surface area contributed by atoms with Crippen LogP contribution in [0.5, 0.6) is 0 Å². The first-order chi connectivity index (χ1) is 7.11. The van der Waals surface area contributed by atoms with E-state index in [-0.39, 0.29) is 11.2 Å². The van der Waals surface area contributed by atoms with E-state index in [0.717, 1.165) is 24.5 Å². The van der Waals surface area contributed by atoms with Gasteiger partial charge in [0.05, 0.1) is 0 Å². The van der Waals surface area contributed by atoms with Crippen LogP contribution >= 0.6 is 0 Å². The van der Waals surface area contributed by atoms with Gasteiger partial charge in [0.2, 0.25) is 0 Å². The number of nitrogens with zero attached hydrogens (tertiary/aromatic N) is 1. The van der Waals surface area contributed by atoms with Gasteiger partial charge >= 0.3 is 0 Å². The van der Waals surface area contributed by atoms with Crippen molar-refractivity contribution in [3.05, 3.63) is 22.9 Å². The second kappa shape index (κ2) is 2.55. The molecule has 0 amide bonds. The summed E-state index contributed by atoms with van der Waals surface area (Å²) in [5, 5.41) is 0. The normalized spacial score (nSPS) is 37.8. The zero-order valence-corrected chi connectivity index (χ0v) is 9.63. The minimum Gasteiger partial charge on any atom is -0.377 e. The molecule has 1 spiro atoms. The first-order valence-electron chi connectivity index (χ1n) is 5.79. The zero-order valence-electron chi connectivity index (χ0n) is 9.63. The van der Waals surface area contributed by atoms with Gasteiger partial charge in [-0.2, -0.15) is 0 Å². The average Bonchev–Trinajstić information content (AvgIpc) is 2.82. The van der Waals surface area contributed by atoms with Crippen molar-refractivity contribution in [1.29, 1.82) is 0 Å². The predicted molar refractivity (Wildman–Crippen MR) is 59.3 cm³/mol. The van der Waals surface area contributed by atoms with Crippen molar-refractivity contribution in [3.8, 4) is 0 Å². The highest BCUT2D eigenvalue weighted by atomic mass is 16.1. The van der Waals surface area contributed by atoms with E-state index < -0.39 is 0 Å². The number of rotatable bonds is 1. The van der Waals surface area contributed by atoms with Crippen LogP contribution in [0.25, 0.3) is 0 Å². The molecule has 2 nitrogen and oxygen atoms in total. The molecule has 1 aliphatic heterocycles. The van der Waals surface area contributed by atoms with E-state index in [1.54, 1.807) is 0 Å². The monoisotopic (exact) mass is 203 g/mol. The number of allylic oxidation sites excluding steroid dienone is 3. The van der Waals surface area contributed by atoms with Crippen LogP contribution in [0, 0.1) is 11.3 Å². The predicted octanol–water partition coefficient (Wildman–Crippen LogP) is 2.13. The van der Waals surface area contributed by atoms with Gasteiger partial charge in [-0.1, -0.05) is 12.5 Å². The Labute approximate surface area is 90.6 Å². The maximum Gasteiger partial charge on any atom is 0.183 e. The van der Waals surface area contributed by atoms with Gasteiger partial charge in [0.15, 0.2) is 5.78 Å².